The summed E-state index contributed by atoms with van der Waals surface area (Å²) in [5.41, 5.74) is 3.38. The number of aryl methyl sites for hydroxylation is 1. The minimum absolute atomic E-state index is 0.386. The standard InChI is InChI=1S/C18H18O2/c1-4-14-11-8-12-16(15-9-6-5-7-10-15)17(14)20-18(19)13(2)3/h5-12H,2,4H2,1,3H3. The number of carbonyl (C=O) groups excluding carboxylic acids is 1. The number of ether oxygens (including phenoxy) is 1. The monoisotopic (exact) mass is 266 g/mol. The van der Waals surface area contributed by atoms with Crippen molar-refractivity contribution in [2.24, 2.45) is 0 Å². The van der Waals surface area contributed by atoms with Gasteiger partial charge in [-0.1, -0.05) is 62.0 Å². The molecule has 0 bridgehead atoms. The molecule has 0 unspecified atom stereocenters. The lowest BCUT2D eigenvalue weighted by Gasteiger charge is -2.14. The Kier molecular flexibility index (Phi) is 4.36. The number of benzene rings is 2. The maximum absolute atomic E-state index is 11.8. The van der Waals surface area contributed by atoms with Crippen LogP contribution < -0.4 is 4.74 Å². The molecule has 0 aromatic heterocycles. The van der Waals surface area contributed by atoms with Crippen LogP contribution in [-0.4, -0.2) is 5.97 Å². The van der Waals surface area contributed by atoms with E-state index in [1.807, 2.05) is 55.5 Å². The largest absolute Gasteiger partial charge is 0.422 e. The predicted molar refractivity (Wildman–Crippen MR) is 81.7 cm³/mol. The van der Waals surface area contributed by atoms with Crippen molar-refractivity contribution in [2.45, 2.75) is 20.3 Å². The van der Waals surface area contributed by atoms with E-state index in [9.17, 15) is 4.79 Å². The van der Waals surface area contributed by atoms with E-state index in [0.29, 0.717) is 11.3 Å². The second kappa shape index (κ2) is 6.20. The molecule has 2 rings (SSSR count). The van der Waals surface area contributed by atoms with Gasteiger partial charge in [-0.05, 0) is 24.5 Å². The highest BCUT2D eigenvalue weighted by molar-refractivity contribution is 5.90. The van der Waals surface area contributed by atoms with Crippen LogP contribution in [0.5, 0.6) is 5.75 Å². The van der Waals surface area contributed by atoms with Crippen molar-refractivity contribution in [3.05, 3.63) is 66.2 Å². The van der Waals surface area contributed by atoms with Gasteiger partial charge in [-0.25, -0.2) is 4.79 Å². The van der Waals surface area contributed by atoms with Gasteiger partial charge in [0.05, 0.1) is 0 Å². The number of para-hydroxylation sites is 1. The molecule has 0 spiro atoms. The molecule has 0 atom stereocenters. The van der Waals surface area contributed by atoms with Gasteiger partial charge in [-0.2, -0.15) is 0 Å². The highest BCUT2D eigenvalue weighted by Crippen LogP contribution is 2.34. The summed E-state index contributed by atoms with van der Waals surface area (Å²) < 4.78 is 5.54. The third-order valence-corrected chi connectivity index (χ3v) is 3.11. The summed E-state index contributed by atoms with van der Waals surface area (Å²) >= 11 is 0. The zero-order valence-corrected chi connectivity index (χ0v) is 11.8. The lowest BCUT2D eigenvalue weighted by Crippen LogP contribution is -2.10. The van der Waals surface area contributed by atoms with Crippen LogP contribution in [0.15, 0.2) is 60.7 Å². The third kappa shape index (κ3) is 2.97. The van der Waals surface area contributed by atoms with E-state index in [-0.39, 0.29) is 5.97 Å². The van der Waals surface area contributed by atoms with Crippen molar-refractivity contribution < 1.29 is 9.53 Å². The maximum atomic E-state index is 11.8. The summed E-state index contributed by atoms with van der Waals surface area (Å²) in [7, 11) is 0. The molecule has 0 aliphatic carbocycles. The van der Waals surface area contributed by atoms with Gasteiger partial charge in [0.1, 0.15) is 5.75 Å². The smallest absolute Gasteiger partial charge is 0.338 e. The number of hydrogen-bond acceptors (Lipinski definition) is 2. The van der Waals surface area contributed by atoms with Gasteiger partial charge in [0.25, 0.3) is 0 Å². The van der Waals surface area contributed by atoms with Gasteiger partial charge in [0, 0.05) is 11.1 Å². The summed E-state index contributed by atoms with van der Waals surface area (Å²) in [4.78, 5) is 11.8. The molecule has 0 amide bonds. The first-order valence-corrected chi connectivity index (χ1v) is 6.68. The van der Waals surface area contributed by atoms with E-state index < -0.39 is 0 Å². The SMILES string of the molecule is C=C(C)C(=O)Oc1c(CC)cccc1-c1ccccc1. The van der Waals surface area contributed by atoms with E-state index in [0.717, 1.165) is 23.1 Å². The van der Waals surface area contributed by atoms with Crippen molar-refractivity contribution in [3.63, 3.8) is 0 Å². The maximum Gasteiger partial charge on any atom is 0.338 e. The molecular weight excluding hydrogens is 248 g/mol. The Morgan fingerprint density at radius 3 is 2.40 bits per heavy atom. The van der Waals surface area contributed by atoms with Gasteiger partial charge in [-0.15, -0.1) is 0 Å². The first-order chi connectivity index (χ1) is 9.63. The fourth-order valence-corrected chi connectivity index (χ4v) is 2.01. The van der Waals surface area contributed by atoms with Gasteiger partial charge in [0.2, 0.25) is 0 Å². The molecule has 0 aliphatic rings. The van der Waals surface area contributed by atoms with Crippen LogP contribution in [0.3, 0.4) is 0 Å². The van der Waals surface area contributed by atoms with Crippen molar-refractivity contribution in [1.82, 2.24) is 0 Å². The molecule has 0 saturated heterocycles. The molecule has 0 radical (unpaired) electrons. The summed E-state index contributed by atoms with van der Waals surface area (Å²) in [6.07, 6.45) is 0.805. The van der Waals surface area contributed by atoms with Crippen LogP contribution in [-0.2, 0) is 11.2 Å². The fraction of sp³-hybridized carbons (Fsp3) is 0.167. The molecule has 0 heterocycles. The highest BCUT2D eigenvalue weighted by atomic mass is 16.5. The van der Waals surface area contributed by atoms with Crippen LogP contribution >= 0.6 is 0 Å². The van der Waals surface area contributed by atoms with Crippen molar-refractivity contribution in [3.8, 4) is 16.9 Å². The van der Waals surface area contributed by atoms with E-state index in [1.165, 1.54) is 0 Å². The number of hydrogen-bond donors (Lipinski definition) is 0. The van der Waals surface area contributed by atoms with E-state index in [4.69, 9.17) is 4.74 Å². The van der Waals surface area contributed by atoms with Crippen LogP contribution in [0.25, 0.3) is 11.1 Å². The van der Waals surface area contributed by atoms with Crippen molar-refractivity contribution in [2.75, 3.05) is 0 Å². The minimum Gasteiger partial charge on any atom is -0.422 e. The predicted octanol–water partition coefficient (Wildman–Crippen LogP) is 4.40. The van der Waals surface area contributed by atoms with E-state index in [1.54, 1.807) is 6.92 Å². The Hall–Kier alpha value is -2.35. The number of rotatable bonds is 4. The quantitative estimate of drug-likeness (QED) is 0.466. The van der Waals surface area contributed by atoms with Gasteiger partial charge in [-0.3, -0.25) is 0 Å². The topological polar surface area (TPSA) is 26.3 Å². The lowest BCUT2D eigenvalue weighted by atomic mass is 10.0. The van der Waals surface area contributed by atoms with Crippen LogP contribution in [0.2, 0.25) is 0 Å². The number of carbonyl (C=O) groups is 1. The summed E-state index contributed by atoms with van der Waals surface area (Å²) in [5.74, 6) is 0.247. The minimum atomic E-state index is -0.386. The molecule has 20 heavy (non-hydrogen) atoms. The average Bonchev–Trinajstić information content (AvgIpc) is 2.48. The van der Waals surface area contributed by atoms with Crippen molar-refractivity contribution >= 4 is 5.97 Å². The molecule has 0 saturated carbocycles. The van der Waals surface area contributed by atoms with Crippen LogP contribution in [0.1, 0.15) is 19.4 Å². The Balaban J connectivity index is 2.52. The molecule has 2 aromatic rings. The summed E-state index contributed by atoms with van der Waals surface area (Å²) in [6, 6.07) is 15.9. The first kappa shape index (κ1) is 14.1. The normalized spacial score (nSPS) is 10.1. The zero-order valence-electron chi connectivity index (χ0n) is 11.8. The number of esters is 1. The van der Waals surface area contributed by atoms with Gasteiger partial charge >= 0.3 is 5.97 Å². The van der Waals surface area contributed by atoms with Gasteiger partial charge in [0.15, 0.2) is 0 Å². The average molecular weight is 266 g/mol. The van der Waals surface area contributed by atoms with Crippen LogP contribution in [0.4, 0.5) is 0 Å². The Bertz CT molecular complexity index is 627. The van der Waals surface area contributed by atoms with E-state index in [2.05, 4.69) is 6.58 Å². The second-order valence-corrected chi connectivity index (χ2v) is 4.68. The molecule has 0 fully saturated rings. The Morgan fingerprint density at radius 1 is 1.10 bits per heavy atom. The van der Waals surface area contributed by atoms with Crippen molar-refractivity contribution in [1.29, 1.82) is 0 Å². The molecule has 0 N–H and O–H groups in total. The fourth-order valence-electron chi connectivity index (χ4n) is 2.01. The van der Waals surface area contributed by atoms with E-state index >= 15 is 0 Å². The molecule has 0 aliphatic heterocycles. The zero-order chi connectivity index (χ0) is 14.5. The van der Waals surface area contributed by atoms with Gasteiger partial charge < -0.3 is 4.74 Å². The second-order valence-electron chi connectivity index (χ2n) is 4.68. The molecular formula is C18H18O2. The highest BCUT2D eigenvalue weighted by Gasteiger charge is 2.14. The molecule has 2 aromatic carbocycles. The third-order valence-electron chi connectivity index (χ3n) is 3.11. The molecule has 2 nitrogen and oxygen atoms in total. The Labute approximate surface area is 119 Å². The lowest BCUT2D eigenvalue weighted by molar-refractivity contribution is -0.130. The van der Waals surface area contributed by atoms with Crippen LogP contribution in [0, 0.1) is 0 Å². The molecule has 2 heteroatoms. The first-order valence-electron chi connectivity index (χ1n) is 6.68. The molecule has 102 valence electrons. The summed E-state index contributed by atoms with van der Waals surface area (Å²) in [6.45, 7) is 7.33. The summed E-state index contributed by atoms with van der Waals surface area (Å²) in [5, 5.41) is 0. The Morgan fingerprint density at radius 2 is 1.80 bits per heavy atom.